The Balaban J connectivity index is 3.25. The van der Waals surface area contributed by atoms with Gasteiger partial charge in [-0.1, -0.05) is 0 Å². The molecule has 1 fully saturated rings. The van der Waals surface area contributed by atoms with Crippen LogP contribution in [0.15, 0.2) is 0 Å². The molecule has 1 aliphatic rings. The first-order valence-corrected chi connectivity index (χ1v) is 11.3. The zero-order valence-electron chi connectivity index (χ0n) is 12.2. The molecule has 98 valence electrons. The zero-order chi connectivity index (χ0) is 12.9. The third-order valence-corrected chi connectivity index (χ3v) is 22.3. The molecular formula is C14H30BrP. The Labute approximate surface area is 111 Å². The van der Waals surface area contributed by atoms with Crippen LogP contribution in [0.1, 0.15) is 61.3 Å². The van der Waals surface area contributed by atoms with Crippen molar-refractivity contribution in [1.29, 1.82) is 0 Å². The Kier molecular flexibility index (Phi) is 3.70. The third kappa shape index (κ3) is 1.91. The molecule has 0 amide bonds. The molecule has 0 aromatic carbocycles. The van der Waals surface area contributed by atoms with E-state index in [0.29, 0.717) is 10.3 Å². The second-order valence-electron chi connectivity index (χ2n) is 7.85. The average molecular weight is 309 g/mol. The molecular weight excluding hydrogens is 279 g/mol. The van der Waals surface area contributed by atoms with E-state index >= 15 is 0 Å². The van der Waals surface area contributed by atoms with Crippen LogP contribution in [0.4, 0.5) is 0 Å². The van der Waals surface area contributed by atoms with Crippen molar-refractivity contribution >= 4 is 20.8 Å². The minimum absolute atomic E-state index is 0.421. The molecule has 0 saturated carbocycles. The van der Waals surface area contributed by atoms with Crippen molar-refractivity contribution in [2.24, 2.45) is 5.92 Å². The van der Waals surface area contributed by atoms with Gasteiger partial charge in [0.2, 0.25) is 0 Å². The molecule has 1 rings (SSSR count). The van der Waals surface area contributed by atoms with Gasteiger partial charge in [-0.05, 0) is 0 Å². The summed E-state index contributed by atoms with van der Waals surface area (Å²) in [6, 6.07) is 0. The topological polar surface area (TPSA) is 0 Å². The number of rotatable bonds is 0. The molecule has 0 aromatic rings. The summed E-state index contributed by atoms with van der Waals surface area (Å²) in [6.45, 7) is 17.2. The molecule has 16 heavy (non-hydrogen) atoms. The van der Waals surface area contributed by atoms with Gasteiger partial charge in [0.15, 0.2) is 0 Å². The SMILES string of the molecule is CC1CCP(Br)(C(C)(C)C)(C(C)(C)C)CC1. The fraction of sp³-hybridized carbons (Fsp3) is 1.00. The van der Waals surface area contributed by atoms with Crippen LogP contribution in [0.25, 0.3) is 0 Å². The van der Waals surface area contributed by atoms with Gasteiger partial charge < -0.3 is 0 Å². The van der Waals surface area contributed by atoms with Gasteiger partial charge >= 0.3 is 111 Å². The Morgan fingerprint density at radius 1 is 0.875 bits per heavy atom. The van der Waals surface area contributed by atoms with Gasteiger partial charge in [0.25, 0.3) is 0 Å². The maximum absolute atomic E-state index is 4.40. The minimum atomic E-state index is -1.80. The van der Waals surface area contributed by atoms with Gasteiger partial charge in [0.05, 0.1) is 0 Å². The first-order chi connectivity index (χ1) is 6.92. The maximum atomic E-state index is 4.40. The molecule has 0 atom stereocenters. The van der Waals surface area contributed by atoms with Crippen molar-refractivity contribution in [2.75, 3.05) is 12.3 Å². The quantitative estimate of drug-likeness (QED) is 0.490. The summed E-state index contributed by atoms with van der Waals surface area (Å²) < 4.78 is 0. The summed E-state index contributed by atoms with van der Waals surface area (Å²) in [5.74, 6) is 0.928. The van der Waals surface area contributed by atoms with Crippen molar-refractivity contribution in [1.82, 2.24) is 0 Å². The fourth-order valence-electron chi connectivity index (χ4n) is 3.58. The fourth-order valence-corrected chi connectivity index (χ4v) is 11.7. The van der Waals surface area contributed by atoms with E-state index in [4.69, 9.17) is 0 Å². The number of hydrogen-bond donors (Lipinski definition) is 0. The van der Waals surface area contributed by atoms with E-state index in [0.717, 1.165) is 5.92 Å². The van der Waals surface area contributed by atoms with Crippen LogP contribution in [-0.2, 0) is 0 Å². The normalized spacial score (nSPS) is 32.8. The molecule has 1 aliphatic heterocycles. The summed E-state index contributed by atoms with van der Waals surface area (Å²) in [4.78, 5) is 0. The second kappa shape index (κ2) is 3.95. The monoisotopic (exact) mass is 308 g/mol. The van der Waals surface area contributed by atoms with E-state index in [1.165, 1.54) is 25.2 Å². The van der Waals surface area contributed by atoms with E-state index in [1.807, 2.05) is 0 Å². The van der Waals surface area contributed by atoms with E-state index < -0.39 is 5.31 Å². The van der Waals surface area contributed by atoms with E-state index in [1.54, 1.807) is 0 Å². The van der Waals surface area contributed by atoms with Crippen molar-refractivity contribution in [3.63, 3.8) is 0 Å². The molecule has 0 aromatic heterocycles. The Morgan fingerprint density at radius 2 is 1.19 bits per heavy atom. The Bertz CT molecular complexity index is 243. The summed E-state index contributed by atoms with van der Waals surface area (Å²) in [7, 11) is 0. The van der Waals surface area contributed by atoms with Crippen LogP contribution >= 0.6 is 20.8 Å². The molecule has 2 heteroatoms. The summed E-state index contributed by atoms with van der Waals surface area (Å²) in [5.41, 5.74) is 0. The Morgan fingerprint density at radius 3 is 1.44 bits per heavy atom. The van der Waals surface area contributed by atoms with Gasteiger partial charge in [0.1, 0.15) is 0 Å². The van der Waals surface area contributed by atoms with E-state index in [9.17, 15) is 0 Å². The third-order valence-electron chi connectivity index (χ3n) is 5.25. The van der Waals surface area contributed by atoms with Crippen LogP contribution in [-0.4, -0.2) is 22.6 Å². The van der Waals surface area contributed by atoms with Gasteiger partial charge in [-0.15, -0.1) is 0 Å². The molecule has 0 spiro atoms. The average Bonchev–Trinajstić information content (AvgIpc) is 2.07. The van der Waals surface area contributed by atoms with E-state index in [-0.39, 0.29) is 0 Å². The number of hydrogen-bond acceptors (Lipinski definition) is 0. The molecule has 0 aliphatic carbocycles. The molecule has 0 N–H and O–H groups in total. The van der Waals surface area contributed by atoms with Crippen LogP contribution in [0, 0.1) is 5.92 Å². The van der Waals surface area contributed by atoms with Crippen LogP contribution in [0.2, 0.25) is 0 Å². The first kappa shape index (κ1) is 15.0. The van der Waals surface area contributed by atoms with E-state index in [2.05, 4.69) is 64.0 Å². The van der Waals surface area contributed by atoms with Gasteiger partial charge in [-0.3, -0.25) is 0 Å². The van der Waals surface area contributed by atoms with Crippen LogP contribution in [0.5, 0.6) is 0 Å². The van der Waals surface area contributed by atoms with Gasteiger partial charge in [0, 0.05) is 0 Å². The van der Waals surface area contributed by atoms with Crippen LogP contribution < -0.4 is 0 Å². The predicted octanol–water partition coefficient (Wildman–Crippen LogP) is 5.88. The molecule has 0 nitrogen and oxygen atoms in total. The standard InChI is InChI=1S/C14H30BrP/c1-12-8-10-16(15,11-9-12,13(2,3)4)14(5,6)7/h12H,8-11H2,1-7H3. The molecule has 0 radical (unpaired) electrons. The van der Waals surface area contributed by atoms with Gasteiger partial charge in [-0.2, -0.15) is 0 Å². The molecule has 1 heterocycles. The zero-order valence-corrected chi connectivity index (χ0v) is 14.7. The van der Waals surface area contributed by atoms with Crippen molar-refractivity contribution in [3.8, 4) is 0 Å². The predicted molar refractivity (Wildman–Crippen MR) is 83.5 cm³/mol. The Hall–Kier alpha value is 0.910. The van der Waals surface area contributed by atoms with Gasteiger partial charge in [-0.25, -0.2) is 0 Å². The number of halogens is 1. The van der Waals surface area contributed by atoms with Crippen LogP contribution in [0.3, 0.4) is 0 Å². The first-order valence-electron chi connectivity index (χ1n) is 6.64. The summed E-state index contributed by atoms with van der Waals surface area (Å²) in [5, 5.41) is -0.962. The van der Waals surface area contributed by atoms with Crippen molar-refractivity contribution < 1.29 is 0 Å². The summed E-state index contributed by atoms with van der Waals surface area (Å²) in [6.07, 6.45) is 5.69. The molecule has 1 saturated heterocycles. The second-order valence-corrected chi connectivity index (χ2v) is 19.3. The summed E-state index contributed by atoms with van der Waals surface area (Å²) >= 11 is 4.40. The molecule has 0 bridgehead atoms. The van der Waals surface area contributed by atoms with Crippen molar-refractivity contribution in [2.45, 2.75) is 71.6 Å². The van der Waals surface area contributed by atoms with Crippen molar-refractivity contribution in [3.05, 3.63) is 0 Å². The molecule has 0 unspecified atom stereocenters.